The first-order valence-corrected chi connectivity index (χ1v) is 6.82. The number of hydrogen-bond donors (Lipinski definition) is 1. The van der Waals surface area contributed by atoms with Crippen LogP contribution in [-0.2, 0) is 16.1 Å². The van der Waals surface area contributed by atoms with Gasteiger partial charge in [0.05, 0.1) is 13.7 Å². The highest BCUT2D eigenvalue weighted by molar-refractivity contribution is 6.35. The zero-order valence-corrected chi connectivity index (χ0v) is 12.9. The van der Waals surface area contributed by atoms with E-state index in [1.165, 1.54) is 7.11 Å². The Kier molecular flexibility index (Phi) is 5.17. The molecule has 0 spiro atoms. The van der Waals surface area contributed by atoms with Gasteiger partial charge in [-0.3, -0.25) is 5.32 Å². The molecule has 0 aliphatic heterocycles. The van der Waals surface area contributed by atoms with Crippen LogP contribution in [0, 0.1) is 6.92 Å². The Morgan fingerprint density at radius 2 is 2.24 bits per heavy atom. The first-order chi connectivity index (χ1) is 10.0. The maximum Gasteiger partial charge on any atom is 0.327 e. The molecule has 0 saturated carbocycles. The van der Waals surface area contributed by atoms with Crippen LogP contribution < -0.4 is 5.32 Å². The summed E-state index contributed by atoms with van der Waals surface area (Å²) < 4.78 is 9.77. The second-order valence-electron chi connectivity index (χ2n) is 4.24. The monoisotopic (exact) mass is 329 g/mol. The average molecular weight is 330 g/mol. The van der Waals surface area contributed by atoms with E-state index in [1.54, 1.807) is 25.1 Å². The zero-order chi connectivity index (χ0) is 15.4. The quantitative estimate of drug-likeness (QED) is 0.850. The van der Waals surface area contributed by atoms with Gasteiger partial charge in [-0.2, -0.15) is 4.98 Å². The summed E-state index contributed by atoms with van der Waals surface area (Å²) in [6, 6.07) is 4.12. The third kappa shape index (κ3) is 3.93. The summed E-state index contributed by atoms with van der Waals surface area (Å²) in [5.41, 5.74) is 0.559. The maximum absolute atomic E-state index is 11.9. The van der Waals surface area contributed by atoms with Gasteiger partial charge in [-0.15, -0.1) is 0 Å². The van der Waals surface area contributed by atoms with Crippen LogP contribution in [-0.4, -0.2) is 23.2 Å². The van der Waals surface area contributed by atoms with Crippen LogP contribution in [0.3, 0.4) is 0 Å². The molecule has 0 amide bonds. The lowest BCUT2D eigenvalue weighted by Gasteiger charge is -2.17. The fourth-order valence-electron chi connectivity index (χ4n) is 1.77. The van der Waals surface area contributed by atoms with Crippen molar-refractivity contribution in [2.45, 2.75) is 19.5 Å². The number of esters is 1. The van der Waals surface area contributed by atoms with Crippen LogP contribution in [0.1, 0.15) is 23.3 Å². The van der Waals surface area contributed by atoms with Crippen molar-refractivity contribution in [2.24, 2.45) is 0 Å². The Balaban J connectivity index is 2.20. The largest absolute Gasteiger partial charge is 0.468 e. The van der Waals surface area contributed by atoms with Crippen LogP contribution in [0.4, 0.5) is 0 Å². The Bertz CT molecular complexity index is 645. The van der Waals surface area contributed by atoms with Gasteiger partial charge in [0.2, 0.25) is 5.89 Å². The lowest BCUT2D eigenvalue weighted by Crippen LogP contribution is -2.29. The first kappa shape index (κ1) is 15.8. The number of benzene rings is 1. The molecule has 0 unspecified atom stereocenters. The molecule has 8 heteroatoms. The second kappa shape index (κ2) is 6.89. The Morgan fingerprint density at radius 1 is 1.48 bits per heavy atom. The van der Waals surface area contributed by atoms with Crippen LogP contribution in [0.25, 0.3) is 0 Å². The van der Waals surface area contributed by atoms with Crippen LogP contribution in [0.5, 0.6) is 0 Å². The summed E-state index contributed by atoms with van der Waals surface area (Å²) in [7, 11) is 1.30. The fourth-order valence-corrected chi connectivity index (χ4v) is 2.29. The van der Waals surface area contributed by atoms with E-state index in [2.05, 4.69) is 15.5 Å². The maximum atomic E-state index is 11.9. The van der Waals surface area contributed by atoms with E-state index in [0.29, 0.717) is 27.3 Å². The summed E-state index contributed by atoms with van der Waals surface area (Å²) >= 11 is 12.0. The number of ether oxygens (including phenoxy) is 1. The lowest BCUT2D eigenvalue weighted by atomic mass is 10.1. The molecular weight excluding hydrogens is 317 g/mol. The van der Waals surface area contributed by atoms with Gasteiger partial charge >= 0.3 is 5.97 Å². The topological polar surface area (TPSA) is 77.2 Å². The van der Waals surface area contributed by atoms with Gasteiger partial charge in [-0.25, -0.2) is 4.79 Å². The molecule has 0 aliphatic rings. The minimum Gasteiger partial charge on any atom is -0.468 e. The molecule has 0 fully saturated rings. The molecule has 1 heterocycles. The predicted molar refractivity (Wildman–Crippen MR) is 77.1 cm³/mol. The predicted octanol–water partition coefficient (Wildman–Crippen LogP) is 2.69. The third-order valence-electron chi connectivity index (χ3n) is 2.74. The van der Waals surface area contributed by atoms with Gasteiger partial charge in [0, 0.05) is 10.0 Å². The standard InChI is InChI=1S/C13H13Cl2N3O3/c1-7-17-11(21-18-7)6-16-12(13(19)20-2)9-4-3-8(14)5-10(9)15/h3-5,12,16H,6H2,1-2H3/t12-/m0/s1. The van der Waals surface area contributed by atoms with E-state index in [1.807, 2.05) is 0 Å². The van der Waals surface area contributed by atoms with Crippen molar-refractivity contribution in [1.82, 2.24) is 15.5 Å². The van der Waals surface area contributed by atoms with Gasteiger partial charge in [-0.05, 0) is 24.6 Å². The molecule has 6 nitrogen and oxygen atoms in total. The minimum atomic E-state index is -0.757. The number of hydrogen-bond acceptors (Lipinski definition) is 6. The highest BCUT2D eigenvalue weighted by atomic mass is 35.5. The van der Waals surface area contributed by atoms with Crippen molar-refractivity contribution in [1.29, 1.82) is 0 Å². The minimum absolute atomic E-state index is 0.208. The zero-order valence-electron chi connectivity index (χ0n) is 11.4. The number of aryl methyl sites for hydroxylation is 1. The Hall–Kier alpha value is -1.63. The molecule has 1 atom stereocenters. The SMILES string of the molecule is COC(=O)[C@@H](NCc1nc(C)no1)c1ccc(Cl)cc1Cl. The third-order valence-corrected chi connectivity index (χ3v) is 3.30. The highest BCUT2D eigenvalue weighted by Gasteiger charge is 2.24. The van der Waals surface area contributed by atoms with E-state index >= 15 is 0 Å². The van der Waals surface area contributed by atoms with Gasteiger partial charge in [0.15, 0.2) is 5.82 Å². The molecule has 1 N–H and O–H groups in total. The molecule has 21 heavy (non-hydrogen) atoms. The first-order valence-electron chi connectivity index (χ1n) is 6.06. The van der Waals surface area contributed by atoms with Gasteiger partial charge in [0.25, 0.3) is 0 Å². The van der Waals surface area contributed by atoms with Crippen molar-refractivity contribution in [3.63, 3.8) is 0 Å². The van der Waals surface area contributed by atoms with E-state index in [4.69, 9.17) is 32.5 Å². The van der Waals surface area contributed by atoms with Crippen LogP contribution in [0.15, 0.2) is 22.7 Å². The molecule has 0 bridgehead atoms. The van der Waals surface area contributed by atoms with Crippen molar-refractivity contribution < 1.29 is 14.1 Å². The summed E-state index contributed by atoms with van der Waals surface area (Å²) in [6.45, 7) is 1.92. The van der Waals surface area contributed by atoms with Crippen LogP contribution >= 0.6 is 23.2 Å². The van der Waals surface area contributed by atoms with Crippen molar-refractivity contribution >= 4 is 29.2 Å². The summed E-state index contributed by atoms with van der Waals surface area (Å²) in [6.07, 6.45) is 0. The molecule has 1 aromatic carbocycles. The molecule has 2 rings (SSSR count). The van der Waals surface area contributed by atoms with Crippen molar-refractivity contribution in [3.8, 4) is 0 Å². The van der Waals surface area contributed by atoms with Gasteiger partial charge in [0.1, 0.15) is 6.04 Å². The number of aromatic nitrogens is 2. The number of rotatable bonds is 5. The molecule has 0 saturated heterocycles. The van der Waals surface area contributed by atoms with Crippen molar-refractivity contribution in [2.75, 3.05) is 7.11 Å². The number of methoxy groups -OCH3 is 1. The van der Waals surface area contributed by atoms with E-state index in [-0.39, 0.29) is 6.54 Å². The number of carbonyl (C=O) groups is 1. The molecule has 0 radical (unpaired) electrons. The highest BCUT2D eigenvalue weighted by Crippen LogP contribution is 2.27. The normalized spacial score (nSPS) is 12.2. The van der Waals surface area contributed by atoms with E-state index in [9.17, 15) is 4.79 Å². The number of nitrogens with zero attached hydrogens (tertiary/aromatic N) is 2. The van der Waals surface area contributed by atoms with Crippen LogP contribution in [0.2, 0.25) is 10.0 Å². The fraction of sp³-hybridized carbons (Fsp3) is 0.308. The summed E-state index contributed by atoms with van der Waals surface area (Å²) in [5.74, 6) is 0.410. The lowest BCUT2D eigenvalue weighted by molar-refractivity contribution is -0.143. The molecule has 1 aromatic heterocycles. The van der Waals surface area contributed by atoms with Gasteiger partial charge < -0.3 is 9.26 Å². The smallest absolute Gasteiger partial charge is 0.327 e. The molecule has 0 aliphatic carbocycles. The molecule has 2 aromatic rings. The number of halogens is 2. The number of nitrogens with one attached hydrogen (secondary N) is 1. The Morgan fingerprint density at radius 3 is 2.81 bits per heavy atom. The summed E-state index contributed by atoms with van der Waals surface area (Å²) in [5, 5.41) is 7.51. The molecule has 112 valence electrons. The second-order valence-corrected chi connectivity index (χ2v) is 5.08. The number of carbonyl (C=O) groups excluding carboxylic acids is 1. The average Bonchev–Trinajstić information content (AvgIpc) is 2.86. The van der Waals surface area contributed by atoms with Gasteiger partial charge in [-0.1, -0.05) is 34.4 Å². The van der Waals surface area contributed by atoms with Crippen molar-refractivity contribution in [3.05, 3.63) is 45.5 Å². The molecular formula is C13H13Cl2N3O3. The summed E-state index contributed by atoms with van der Waals surface area (Å²) in [4.78, 5) is 16.0. The Labute approximate surface area is 131 Å². The van der Waals surface area contributed by atoms with E-state index < -0.39 is 12.0 Å². The van der Waals surface area contributed by atoms with E-state index in [0.717, 1.165) is 0 Å².